The quantitative estimate of drug-likeness (QED) is 0.248. The van der Waals surface area contributed by atoms with Crippen LogP contribution in [0, 0.1) is 5.82 Å². The monoisotopic (exact) mass is 535 g/mol. The SMILES string of the molecule is CNC(=O)c1cccc(Oc2ccc(Nc3c(Oc4ccc(Cl)c(C(F)(F)F)c4)c(=O)c3=O)c(F)c2)n1. The molecule has 2 N–H and O–H groups in total. The van der Waals surface area contributed by atoms with Crippen LogP contribution in [0.2, 0.25) is 5.02 Å². The summed E-state index contributed by atoms with van der Waals surface area (Å²) in [6, 6.07) is 10.5. The van der Waals surface area contributed by atoms with Crippen molar-refractivity contribution < 1.29 is 31.8 Å². The van der Waals surface area contributed by atoms with Crippen LogP contribution in [0.15, 0.2) is 64.2 Å². The van der Waals surface area contributed by atoms with E-state index in [1.54, 1.807) is 0 Å². The molecular formula is C24H14ClF4N3O5. The fraction of sp³-hybridized carbons (Fsp3) is 0.0833. The minimum Gasteiger partial charge on any atom is -0.451 e. The average Bonchev–Trinajstić information content (AvgIpc) is 2.86. The molecule has 0 aliphatic rings. The number of hydrogen-bond donors (Lipinski definition) is 2. The van der Waals surface area contributed by atoms with Gasteiger partial charge in [-0.3, -0.25) is 14.4 Å². The van der Waals surface area contributed by atoms with Crippen LogP contribution in [0.4, 0.5) is 28.9 Å². The molecule has 0 aliphatic heterocycles. The van der Waals surface area contributed by atoms with Crippen molar-refractivity contribution in [2.24, 2.45) is 0 Å². The number of halogens is 5. The molecule has 13 heteroatoms. The molecule has 1 aromatic heterocycles. The minimum atomic E-state index is -4.78. The molecule has 1 amide bonds. The Balaban J connectivity index is 1.54. The maximum Gasteiger partial charge on any atom is 0.417 e. The highest BCUT2D eigenvalue weighted by Crippen LogP contribution is 2.38. The van der Waals surface area contributed by atoms with E-state index in [-0.39, 0.29) is 23.0 Å². The van der Waals surface area contributed by atoms with Crippen LogP contribution in [0.3, 0.4) is 0 Å². The van der Waals surface area contributed by atoms with Crippen LogP contribution in [0.1, 0.15) is 16.1 Å². The van der Waals surface area contributed by atoms with Crippen molar-refractivity contribution in [2.75, 3.05) is 12.4 Å². The normalized spacial score (nSPS) is 11.3. The summed E-state index contributed by atoms with van der Waals surface area (Å²) in [5, 5.41) is 4.24. The molecule has 0 spiro atoms. The number of rotatable bonds is 7. The summed E-state index contributed by atoms with van der Waals surface area (Å²) in [4.78, 5) is 39.7. The molecule has 8 nitrogen and oxygen atoms in total. The summed E-state index contributed by atoms with van der Waals surface area (Å²) in [7, 11) is 1.43. The number of ether oxygens (including phenoxy) is 2. The maximum absolute atomic E-state index is 14.7. The Morgan fingerprint density at radius 3 is 2.35 bits per heavy atom. The largest absolute Gasteiger partial charge is 0.451 e. The van der Waals surface area contributed by atoms with Gasteiger partial charge in [-0.25, -0.2) is 9.37 Å². The molecule has 0 unspecified atom stereocenters. The number of hydrogen-bond acceptors (Lipinski definition) is 7. The van der Waals surface area contributed by atoms with Crippen molar-refractivity contribution in [3.05, 3.63) is 97.1 Å². The predicted octanol–water partition coefficient (Wildman–Crippen LogP) is 5.18. The average molecular weight is 536 g/mol. The number of carbonyl (C=O) groups is 1. The van der Waals surface area contributed by atoms with E-state index in [2.05, 4.69) is 15.6 Å². The van der Waals surface area contributed by atoms with Crippen molar-refractivity contribution in [1.29, 1.82) is 0 Å². The van der Waals surface area contributed by atoms with Crippen molar-refractivity contribution in [3.63, 3.8) is 0 Å². The van der Waals surface area contributed by atoms with Crippen LogP contribution < -0.4 is 31.0 Å². The van der Waals surface area contributed by atoms with E-state index in [0.717, 1.165) is 18.2 Å². The Hall–Kier alpha value is -4.45. The Morgan fingerprint density at radius 2 is 1.68 bits per heavy atom. The van der Waals surface area contributed by atoms with Crippen LogP contribution in [-0.4, -0.2) is 17.9 Å². The zero-order valence-corrected chi connectivity index (χ0v) is 19.3. The summed E-state index contributed by atoms with van der Waals surface area (Å²) in [5.74, 6) is -2.31. The van der Waals surface area contributed by atoms with E-state index in [4.69, 9.17) is 21.1 Å². The van der Waals surface area contributed by atoms with Gasteiger partial charge in [0.05, 0.1) is 16.3 Å². The second kappa shape index (κ2) is 9.90. The number of anilines is 2. The van der Waals surface area contributed by atoms with Gasteiger partial charge in [-0.15, -0.1) is 0 Å². The molecule has 1 heterocycles. The lowest BCUT2D eigenvalue weighted by atomic mass is 10.2. The molecule has 0 aliphatic carbocycles. The highest BCUT2D eigenvalue weighted by molar-refractivity contribution is 6.31. The molecular weight excluding hydrogens is 522 g/mol. The fourth-order valence-electron chi connectivity index (χ4n) is 3.13. The van der Waals surface area contributed by atoms with E-state index in [1.807, 2.05) is 0 Å². The van der Waals surface area contributed by atoms with E-state index in [0.29, 0.717) is 6.07 Å². The second-order valence-corrected chi connectivity index (χ2v) is 7.82. The topological polar surface area (TPSA) is 107 Å². The standard InChI is InChI=1S/C24H14ClF4N3O5/c1-30-23(35)17-3-2-4-18(31-17)36-12-6-8-16(15(26)10-12)32-19-20(33)21(34)22(19)37-11-5-7-14(25)13(9-11)24(27,28)29/h2-10,32H,1H3,(H,30,35). The van der Waals surface area contributed by atoms with Gasteiger partial charge in [0.1, 0.15) is 28.7 Å². The van der Waals surface area contributed by atoms with Gasteiger partial charge in [0, 0.05) is 19.2 Å². The number of amides is 1. The third kappa shape index (κ3) is 5.38. The smallest absolute Gasteiger partial charge is 0.417 e. The number of benzene rings is 2. The molecule has 0 saturated carbocycles. The molecule has 0 fully saturated rings. The van der Waals surface area contributed by atoms with Gasteiger partial charge < -0.3 is 20.1 Å². The number of nitrogens with zero attached hydrogens (tertiary/aromatic N) is 1. The Bertz CT molecular complexity index is 1580. The summed E-state index contributed by atoms with van der Waals surface area (Å²) in [6.07, 6.45) is -4.78. The first-order chi connectivity index (χ1) is 17.5. The maximum atomic E-state index is 14.7. The Kier molecular flexibility index (Phi) is 6.86. The molecule has 4 rings (SSSR count). The third-order valence-electron chi connectivity index (χ3n) is 4.94. The van der Waals surface area contributed by atoms with E-state index in [9.17, 15) is 31.9 Å². The van der Waals surface area contributed by atoms with Gasteiger partial charge in [0.2, 0.25) is 11.6 Å². The van der Waals surface area contributed by atoms with Gasteiger partial charge in [0.25, 0.3) is 16.8 Å². The van der Waals surface area contributed by atoms with Crippen molar-refractivity contribution in [3.8, 4) is 23.1 Å². The summed E-state index contributed by atoms with van der Waals surface area (Å²) < 4.78 is 64.6. The lowest BCUT2D eigenvalue weighted by Crippen LogP contribution is -2.34. The highest BCUT2D eigenvalue weighted by atomic mass is 35.5. The number of alkyl halides is 3. The van der Waals surface area contributed by atoms with Gasteiger partial charge in [-0.05, 0) is 36.4 Å². The van der Waals surface area contributed by atoms with E-state index < -0.39 is 56.5 Å². The first kappa shape index (κ1) is 25.6. The predicted molar refractivity (Wildman–Crippen MR) is 125 cm³/mol. The summed E-state index contributed by atoms with van der Waals surface area (Å²) in [6.45, 7) is 0. The summed E-state index contributed by atoms with van der Waals surface area (Å²) in [5.41, 5.74) is -3.96. The van der Waals surface area contributed by atoms with Gasteiger partial charge in [-0.1, -0.05) is 17.7 Å². The first-order valence-corrected chi connectivity index (χ1v) is 10.7. The zero-order valence-electron chi connectivity index (χ0n) is 18.6. The molecule has 3 aromatic carbocycles. The van der Waals surface area contributed by atoms with E-state index in [1.165, 1.54) is 37.4 Å². The molecule has 190 valence electrons. The van der Waals surface area contributed by atoms with Crippen molar-refractivity contribution >= 4 is 28.9 Å². The number of carbonyl (C=O) groups excluding carboxylic acids is 1. The molecule has 0 bridgehead atoms. The minimum absolute atomic E-state index is 0.00640. The Labute approximate surface area is 210 Å². The lowest BCUT2D eigenvalue weighted by molar-refractivity contribution is -0.137. The molecule has 0 radical (unpaired) electrons. The van der Waals surface area contributed by atoms with Gasteiger partial charge in [-0.2, -0.15) is 13.2 Å². The molecule has 0 saturated heterocycles. The second-order valence-electron chi connectivity index (χ2n) is 7.41. The lowest BCUT2D eigenvalue weighted by Gasteiger charge is -2.16. The van der Waals surface area contributed by atoms with Crippen molar-refractivity contribution in [2.45, 2.75) is 6.18 Å². The summed E-state index contributed by atoms with van der Waals surface area (Å²) >= 11 is 5.57. The fourth-order valence-corrected chi connectivity index (χ4v) is 3.35. The Morgan fingerprint density at radius 1 is 0.973 bits per heavy atom. The zero-order chi connectivity index (χ0) is 26.9. The van der Waals surface area contributed by atoms with Crippen molar-refractivity contribution in [1.82, 2.24) is 10.3 Å². The third-order valence-corrected chi connectivity index (χ3v) is 5.27. The van der Waals surface area contributed by atoms with E-state index >= 15 is 0 Å². The number of nitrogens with one attached hydrogen (secondary N) is 2. The van der Waals surface area contributed by atoms with Crippen LogP contribution in [0.5, 0.6) is 23.1 Å². The van der Waals surface area contributed by atoms with Gasteiger partial charge in [0.15, 0.2) is 0 Å². The number of aromatic nitrogens is 1. The molecule has 37 heavy (non-hydrogen) atoms. The van der Waals surface area contributed by atoms with Crippen LogP contribution in [-0.2, 0) is 6.18 Å². The van der Waals surface area contributed by atoms with Crippen LogP contribution >= 0.6 is 11.6 Å². The molecule has 0 atom stereocenters. The van der Waals surface area contributed by atoms with Gasteiger partial charge >= 0.3 is 6.18 Å². The molecule has 4 aromatic rings. The highest BCUT2D eigenvalue weighted by Gasteiger charge is 2.34. The van der Waals surface area contributed by atoms with Crippen LogP contribution in [0.25, 0.3) is 0 Å². The number of pyridine rings is 1. The first-order valence-electron chi connectivity index (χ1n) is 10.3.